The van der Waals surface area contributed by atoms with Crippen molar-refractivity contribution < 1.29 is 28.7 Å². The zero-order valence-corrected chi connectivity index (χ0v) is 35.6. The highest BCUT2D eigenvalue weighted by molar-refractivity contribution is 5.89. The Balaban J connectivity index is 2.32. The molecule has 0 radical (unpaired) electrons. The molecular formula is C41H71N7O6. The summed E-state index contributed by atoms with van der Waals surface area (Å²) in [5.41, 5.74) is 0.931. The van der Waals surface area contributed by atoms with Crippen LogP contribution in [0.1, 0.15) is 79.7 Å². The molecule has 0 unspecified atom stereocenters. The third-order valence-corrected chi connectivity index (χ3v) is 10.5. The van der Waals surface area contributed by atoms with Crippen molar-refractivity contribution in [1.29, 1.82) is 0 Å². The first-order valence-electron chi connectivity index (χ1n) is 19.6. The van der Waals surface area contributed by atoms with Crippen molar-refractivity contribution in [3.8, 4) is 0 Å². The van der Waals surface area contributed by atoms with E-state index in [0.29, 0.717) is 25.3 Å². The van der Waals surface area contributed by atoms with Crippen molar-refractivity contribution in [3.63, 3.8) is 0 Å². The molecular weight excluding hydrogens is 686 g/mol. The van der Waals surface area contributed by atoms with E-state index in [1.807, 2.05) is 101 Å². The molecule has 1 aromatic rings. The summed E-state index contributed by atoms with van der Waals surface area (Å²) < 4.78 is 12.0. The normalized spacial score (nSPS) is 18.2. The number of carbonyl (C=O) groups excluding carboxylic acids is 4. The van der Waals surface area contributed by atoms with Crippen LogP contribution in [0.2, 0.25) is 0 Å². The molecule has 0 spiro atoms. The maximum absolute atomic E-state index is 14.3. The van der Waals surface area contributed by atoms with E-state index < -0.39 is 36.3 Å². The van der Waals surface area contributed by atoms with E-state index in [9.17, 15) is 19.2 Å². The Bertz CT molecular complexity index is 1360. The molecule has 1 fully saturated rings. The predicted molar refractivity (Wildman–Crippen MR) is 215 cm³/mol. The Morgan fingerprint density at radius 3 is 2.00 bits per heavy atom. The van der Waals surface area contributed by atoms with Gasteiger partial charge in [0, 0.05) is 68.5 Å². The Morgan fingerprint density at radius 2 is 1.50 bits per heavy atom. The van der Waals surface area contributed by atoms with E-state index in [-0.39, 0.29) is 54.0 Å². The van der Waals surface area contributed by atoms with Crippen molar-refractivity contribution in [1.82, 2.24) is 30.2 Å². The summed E-state index contributed by atoms with van der Waals surface area (Å²) in [5, 5.41) is 5.92. The van der Waals surface area contributed by atoms with Crippen LogP contribution in [0.3, 0.4) is 0 Å². The Labute approximate surface area is 325 Å². The maximum Gasteiger partial charge on any atom is 0.247 e. The van der Waals surface area contributed by atoms with E-state index in [1.165, 1.54) is 0 Å². The first-order valence-corrected chi connectivity index (χ1v) is 19.6. The second-order valence-electron chi connectivity index (χ2n) is 15.9. The van der Waals surface area contributed by atoms with Crippen molar-refractivity contribution in [2.75, 3.05) is 56.0 Å². The number of aliphatic imine (C=N–C) groups is 1. The van der Waals surface area contributed by atoms with Gasteiger partial charge in [0.2, 0.25) is 23.6 Å². The molecule has 0 saturated carbocycles. The van der Waals surface area contributed by atoms with Crippen LogP contribution in [-0.4, -0.2) is 148 Å². The average molecular weight is 758 g/mol. The number of nitrogens with zero attached hydrogens (tertiary/aromatic N) is 5. The minimum Gasteiger partial charge on any atom is -0.379 e. The van der Waals surface area contributed by atoms with Crippen LogP contribution in [0, 0.1) is 17.8 Å². The predicted octanol–water partition coefficient (Wildman–Crippen LogP) is 3.66. The quantitative estimate of drug-likeness (QED) is 0.161. The van der Waals surface area contributed by atoms with Crippen LogP contribution in [0.25, 0.3) is 0 Å². The molecule has 0 bridgehead atoms. The Hall–Kier alpha value is -3.71. The number of likely N-dealkylation sites (N-methyl/N-ethyl adjacent to an activating group) is 1. The lowest BCUT2D eigenvalue weighted by atomic mass is 9.89. The summed E-state index contributed by atoms with van der Waals surface area (Å²) in [5.74, 6) is -0.827. The molecule has 13 nitrogen and oxygen atoms in total. The summed E-state index contributed by atoms with van der Waals surface area (Å²) in [6.07, 6.45) is 1.41. The fourth-order valence-corrected chi connectivity index (χ4v) is 7.51. The topological polar surface area (TPSA) is 136 Å². The SMILES string of the molecule is CC[C@H](C)[C@@H]([C@@H](CC(=O)N1CCC[C@H]1[C@H](OC)[C@@H](C)C(=O)N[C@@H](Cc1ccccc1)C(=O)NC(C)C)OC)N(C)C(=O)[C@@H](N=C(N(C)C)N(C)C)C(C)C. The lowest BCUT2D eigenvalue weighted by Crippen LogP contribution is -2.56. The van der Waals surface area contributed by atoms with Gasteiger partial charge in [0.15, 0.2) is 5.96 Å². The number of carbonyl (C=O) groups is 4. The number of nitrogens with one attached hydrogen (secondary N) is 2. The summed E-state index contributed by atoms with van der Waals surface area (Å²) >= 11 is 0. The fourth-order valence-electron chi connectivity index (χ4n) is 7.51. The number of methoxy groups -OCH3 is 2. The van der Waals surface area contributed by atoms with Gasteiger partial charge < -0.3 is 39.7 Å². The number of likely N-dealkylation sites (tertiary alicyclic amines) is 1. The Kier molecular flexibility index (Phi) is 18.9. The molecule has 1 saturated heterocycles. The molecule has 2 rings (SSSR count). The number of hydrogen-bond donors (Lipinski definition) is 2. The molecule has 54 heavy (non-hydrogen) atoms. The van der Waals surface area contributed by atoms with Gasteiger partial charge in [-0.1, -0.05) is 71.4 Å². The standard InChI is InChI=1S/C41H71N7O6/c1-15-28(6)36(47(12)40(52)35(26(2)3)44-41(45(8)9)46(10)11)33(53-13)25-34(49)48-23-19-22-32(48)37(54-14)29(7)38(50)43-31(39(51)42-27(4)5)24-30-20-17-16-18-21-30/h16-18,20-21,26-29,31-33,35-37H,15,19,22-25H2,1-14H3,(H,42,51)(H,43,50)/t28-,29+,31-,32-,33+,35-,36-,37+/m0/s1. The fraction of sp³-hybridized carbons (Fsp3) is 0.732. The van der Waals surface area contributed by atoms with Crippen molar-refractivity contribution >= 4 is 29.6 Å². The molecule has 1 heterocycles. The number of hydrogen-bond acceptors (Lipinski definition) is 7. The van der Waals surface area contributed by atoms with Gasteiger partial charge in [0.1, 0.15) is 12.1 Å². The summed E-state index contributed by atoms with van der Waals surface area (Å²) in [6.45, 7) is 14.2. The number of rotatable bonds is 19. The second kappa shape index (κ2) is 22.0. The van der Waals surface area contributed by atoms with Gasteiger partial charge >= 0.3 is 0 Å². The van der Waals surface area contributed by atoms with E-state index in [0.717, 1.165) is 18.4 Å². The summed E-state index contributed by atoms with van der Waals surface area (Å²) in [6, 6.07) is 7.35. The molecule has 1 aromatic carbocycles. The maximum atomic E-state index is 14.3. The first kappa shape index (κ1) is 46.4. The molecule has 0 aliphatic carbocycles. The largest absolute Gasteiger partial charge is 0.379 e. The van der Waals surface area contributed by atoms with Crippen LogP contribution < -0.4 is 10.6 Å². The van der Waals surface area contributed by atoms with E-state index in [2.05, 4.69) is 24.5 Å². The van der Waals surface area contributed by atoms with Gasteiger partial charge in [0.25, 0.3) is 0 Å². The molecule has 306 valence electrons. The second-order valence-corrected chi connectivity index (χ2v) is 15.9. The van der Waals surface area contributed by atoms with E-state index >= 15 is 0 Å². The summed E-state index contributed by atoms with van der Waals surface area (Å²) in [7, 11) is 12.6. The average Bonchev–Trinajstić information content (AvgIpc) is 3.60. The van der Waals surface area contributed by atoms with Crippen LogP contribution >= 0.6 is 0 Å². The highest BCUT2D eigenvalue weighted by atomic mass is 16.5. The molecule has 13 heteroatoms. The van der Waals surface area contributed by atoms with Crippen LogP contribution in [0.4, 0.5) is 0 Å². The highest BCUT2D eigenvalue weighted by Crippen LogP contribution is 2.30. The lowest BCUT2D eigenvalue weighted by molar-refractivity contribution is -0.146. The number of amides is 4. The monoisotopic (exact) mass is 758 g/mol. The third kappa shape index (κ3) is 12.7. The minimum atomic E-state index is -0.776. The van der Waals surface area contributed by atoms with Gasteiger partial charge in [-0.3, -0.25) is 19.2 Å². The molecule has 4 amide bonds. The summed E-state index contributed by atoms with van der Waals surface area (Å²) in [4.78, 5) is 67.8. The lowest BCUT2D eigenvalue weighted by Gasteiger charge is -2.40. The zero-order valence-electron chi connectivity index (χ0n) is 35.6. The molecule has 0 aromatic heterocycles. The molecule has 2 N–H and O–H groups in total. The zero-order chi connectivity index (χ0) is 40.9. The number of guanidine groups is 1. The number of benzene rings is 1. The Morgan fingerprint density at radius 1 is 0.889 bits per heavy atom. The van der Waals surface area contributed by atoms with Gasteiger partial charge in [-0.25, -0.2) is 4.99 Å². The minimum absolute atomic E-state index is 0.0252. The van der Waals surface area contributed by atoms with Gasteiger partial charge in [-0.05, 0) is 44.1 Å². The van der Waals surface area contributed by atoms with E-state index in [1.54, 1.807) is 33.1 Å². The molecule has 1 aliphatic rings. The third-order valence-electron chi connectivity index (χ3n) is 10.5. The van der Waals surface area contributed by atoms with Crippen LogP contribution in [-0.2, 0) is 35.1 Å². The number of ether oxygens (including phenoxy) is 2. The van der Waals surface area contributed by atoms with Gasteiger partial charge in [0.05, 0.1) is 36.6 Å². The first-order chi connectivity index (χ1) is 25.4. The molecule has 8 atom stereocenters. The van der Waals surface area contributed by atoms with Crippen molar-refractivity contribution in [2.45, 2.75) is 123 Å². The van der Waals surface area contributed by atoms with Gasteiger partial charge in [-0.2, -0.15) is 0 Å². The molecule has 1 aliphatic heterocycles. The smallest absolute Gasteiger partial charge is 0.247 e. The van der Waals surface area contributed by atoms with E-state index in [4.69, 9.17) is 14.5 Å². The van der Waals surface area contributed by atoms with Crippen LogP contribution in [0.15, 0.2) is 35.3 Å². The van der Waals surface area contributed by atoms with Crippen molar-refractivity contribution in [2.24, 2.45) is 22.7 Å². The van der Waals surface area contributed by atoms with Gasteiger partial charge in [-0.15, -0.1) is 0 Å². The van der Waals surface area contributed by atoms with Crippen molar-refractivity contribution in [3.05, 3.63) is 35.9 Å². The van der Waals surface area contributed by atoms with Crippen LogP contribution in [0.5, 0.6) is 0 Å². The highest BCUT2D eigenvalue weighted by Gasteiger charge is 2.43.